The molecule has 0 bridgehead atoms. The number of amides is 2. The van der Waals surface area contributed by atoms with Crippen LogP contribution in [-0.2, 0) is 34.4 Å². The number of likely N-dealkylation sites (N-methyl/N-ethyl adjacent to an activating group) is 1. The summed E-state index contributed by atoms with van der Waals surface area (Å²) in [5.74, 6) is -3.48. The molecule has 4 aromatic rings. The molecule has 2 amide bonds. The van der Waals surface area contributed by atoms with E-state index in [1.165, 1.54) is 47.1 Å². The molecule has 10 nitrogen and oxygen atoms in total. The van der Waals surface area contributed by atoms with Crippen LogP contribution in [0.3, 0.4) is 0 Å². The highest BCUT2D eigenvalue weighted by Crippen LogP contribution is 2.41. The Morgan fingerprint density at radius 1 is 1.02 bits per heavy atom. The van der Waals surface area contributed by atoms with E-state index in [1.807, 2.05) is 19.0 Å². The number of carbonyl (C=O) groups excluding carboxylic acids is 3. The Balaban J connectivity index is 1.44. The van der Waals surface area contributed by atoms with Crippen molar-refractivity contribution in [1.29, 1.82) is 0 Å². The number of hydrogen-bond acceptors (Lipinski definition) is 7. The van der Waals surface area contributed by atoms with Crippen LogP contribution in [0.2, 0.25) is 0 Å². The van der Waals surface area contributed by atoms with Crippen molar-refractivity contribution in [3.63, 3.8) is 0 Å². The van der Waals surface area contributed by atoms with Gasteiger partial charge in [-0.25, -0.2) is 18.0 Å². The fourth-order valence-corrected chi connectivity index (χ4v) is 4.89. The number of benzene rings is 3. The zero-order chi connectivity index (χ0) is 32.2. The lowest BCUT2D eigenvalue weighted by Crippen LogP contribution is -2.40. The molecule has 1 aliphatic heterocycles. The van der Waals surface area contributed by atoms with Crippen LogP contribution in [0.25, 0.3) is 11.3 Å². The van der Waals surface area contributed by atoms with E-state index in [-0.39, 0.29) is 36.7 Å². The van der Waals surface area contributed by atoms with Crippen molar-refractivity contribution in [2.24, 2.45) is 7.05 Å². The predicted octanol–water partition coefficient (Wildman–Crippen LogP) is 4.33. The number of esters is 1. The maximum Gasteiger partial charge on any atom is 0.338 e. The first-order chi connectivity index (χ1) is 21.5. The molecule has 2 heterocycles. The zero-order valence-electron chi connectivity index (χ0n) is 24.8. The predicted molar refractivity (Wildman–Crippen MR) is 159 cm³/mol. The Morgan fingerprint density at radius 2 is 1.80 bits per heavy atom. The Bertz CT molecular complexity index is 1770. The van der Waals surface area contributed by atoms with Gasteiger partial charge in [-0.2, -0.15) is 5.10 Å². The number of hydrogen-bond donors (Lipinski definition) is 1. The summed E-state index contributed by atoms with van der Waals surface area (Å²) < 4.78 is 55.3. The second-order valence-corrected chi connectivity index (χ2v) is 10.7. The lowest BCUT2D eigenvalue weighted by molar-refractivity contribution is -0.121. The molecule has 0 saturated carbocycles. The van der Waals surface area contributed by atoms with Crippen LogP contribution < -0.4 is 15.0 Å². The van der Waals surface area contributed by atoms with Gasteiger partial charge in [0.1, 0.15) is 43.0 Å². The molecular formula is C32H30F3N5O5. The highest BCUT2D eigenvalue weighted by Gasteiger charge is 2.32. The molecule has 0 atom stereocenters. The third-order valence-electron chi connectivity index (χ3n) is 7.04. The van der Waals surface area contributed by atoms with E-state index >= 15 is 0 Å². The number of rotatable bonds is 10. The maximum atomic E-state index is 14.7. The van der Waals surface area contributed by atoms with Crippen molar-refractivity contribution < 1.29 is 37.0 Å². The van der Waals surface area contributed by atoms with Gasteiger partial charge in [0.05, 0.1) is 28.9 Å². The first-order valence-electron chi connectivity index (χ1n) is 13.9. The third-order valence-corrected chi connectivity index (χ3v) is 7.04. The minimum absolute atomic E-state index is 0.0198. The van der Waals surface area contributed by atoms with E-state index in [0.717, 1.165) is 17.0 Å². The van der Waals surface area contributed by atoms with E-state index in [4.69, 9.17) is 9.47 Å². The molecule has 1 aromatic heterocycles. The molecule has 1 N–H and O–H groups in total. The Morgan fingerprint density at radius 3 is 2.56 bits per heavy atom. The average molecular weight is 622 g/mol. The molecule has 0 saturated heterocycles. The number of aromatic nitrogens is 2. The summed E-state index contributed by atoms with van der Waals surface area (Å²) in [5, 5.41) is 6.90. The van der Waals surface area contributed by atoms with E-state index < -0.39 is 41.8 Å². The number of carbonyl (C=O) groups is 3. The van der Waals surface area contributed by atoms with Gasteiger partial charge in [0, 0.05) is 19.2 Å². The van der Waals surface area contributed by atoms with Crippen LogP contribution in [0.4, 0.5) is 24.7 Å². The van der Waals surface area contributed by atoms with Crippen molar-refractivity contribution in [3.8, 4) is 17.0 Å². The van der Waals surface area contributed by atoms with Crippen LogP contribution in [0.15, 0.2) is 60.7 Å². The van der Waals surface area contributed by atoms with Gasteiger partial charge in [0.25, 0.3) is 0 Å². The quantitative estimate of drug-likeness (QED) is 0.263. The molecule has 1 aliphatic rings. The summed E-state index contributed by atoms with van der Waals surface area (Å²) in [4.78, 5) is 42.4. The van der Waals surface area contributed by atoms with Gasteiger partial charge >= 0.3 is 5.97 Å². The van der Waals surface area contributed by atoms with Crippen LogP contribution in [0, 0.1) is 17.5 Å². The molecule has 5 rings (SSSR count). The summed E-state index contributed by atoms with van der Waals surface area (Å²) in [6, 6.07) is 12.9. The standard InChI is InChI=1S/C32H30F3N5O5/c1-38(2)11-12-44-32(43)20-7-9-25(35)26(15-20)36-28(41)17-40(29(42)14-19-5-4-6-21(33)13-19)31-24-18-45-27-10-8-22(34)16-23(27)30(24)39(3)37-31/h4-10,13,15-16H,11-12,14,17-18H2,1-3H3,(H,36,41). The number of aryl methyl sites for hydroxylation is 1. The lowest BCUT2D eigenvalue weighted by Gasteiger charge is -2.24. The Hall–Kier alpha value is -5.17. The van der Waals surface area contributed by atoms with Gasteiger partial charge in [0.2, 0.25) is 11.8 Å². The van der Waals surface area contributed by atoms with E-state index in [9.17, 15) is 27.6 Å². The van der Waals surface area contributed by atoms with Crippen molar-refractivity contribution in [3.05, 3.63) is 94.8 Å². The fraction of sp³-hybridized carbons (Fsp3) is 0.250. The molecular weight excluding hydrogens is 591 g/mol. The van der Waals surface area contributed by atoms with Gasteiger partial charge in [-0.1, -0.05) is 12.1 Å². The largest absolute Gasteiger partial charge is 0.488 e. The summed E-state index contributed by atoms with van der Waals surface area (Å²) in [6.07, 6.45) is -0.287. The molecule has 0 aliphatic carbocycles. The smallest absolute Gasteiger partial charge is 0.338 e. The Kier molecular flexibility index (Phi) is 9.18. The minimum atomic E-state index is -0.812. The van der Waals surface area contributed by atoms with Gasteiger partial charge < -0.3 is 19.7 Å². The van der Waals surface area contributed by atoms with Crippen LogP contribution >= 0.6 is 0 Å². The third kappa shape index (κ3) is 7.15. The van der Waals surface area contributed by atoms with Crippen molar-refractivity contribution in [2.75, 3.05) is 44.0 Å². The number of nitrogens with one attached hydrogen (secondary N) is 1. The molecule has 13 heteroatoms. The summed E-state index contributed by atoms with van der Waals surface area (Å²) in [6.45, 7) is -0.0546. The summed E-state index contributed by atoms with van der Waals surface area (Å²) in [5.41, 5.74) is 1.40. The van der Waals surface area contributed by atoms with E-state index in [1.54, 1.807) is 13.1 Å². The van der Waals surface area contributed by atoms with Crippen molar-refractivity contribution in [1.82, 2.24) is 14.7 Å². The highest BCUT2D eigenvalue weighted by molar-refractivity contribution is 6.04. The number of fused-ring (bicyclic) bond motifs is 3. The molecule has 0 unspecified atom stereocenters. The van der Waals surface area contributed by atoms with Gasteiger partial charge in [0.15, 0.2) is 5.82 Å². The normalized spacial score (nSPS) is 11.8. The van der Waals surface area contributed by atoms with Gasteiger partial charge in [-0.15, -0.1) is 0 Å². The lowest BCUT2D eigenvalue weighted by atomic mass is 10.0. The van der Waals surface area contributed by atoms with Crippen molar-refractivity contribution >= 4 is 29.3 Å². The second-order valence-electron chi connectivity index (χ2n) is 10.7. The zero-order valence-corrected chi connectivity index (χ0v) is 24.8. The molecule has 0 radical (unpaired) electrons. The van der Waals surface area contributed by atoms with Crippen LogP contribution in [-0.4, -0.2) is 66.3 Å². The number of nitrogens with zero attached hydrogens (tertiary/aromatic N) is 4. The summed E-state index contributed by atoms with van der Waals surface area (Å²) in [7, 11) is 5.24. The first-order valence-corrected chi connectivity index (χ1v) is 13.9. The molecule has 234 valence electrons. The van der Waals surface area contributed by atoms with Crippen LogP contribution in [0.1, 0.15) is 21.5 Å². The summed E-state index contributed by atoms with van der Waals surface area (Å²) >= 11 is 0. The number of anilines is 2. The highest BCUT2D eigenvalue weighted by atomic mass is 19.1. The van der Waals surface area contributed by atoms with Gasteiger partial charge in [-0.3, -0.25) is 19.2 Å². The number of ether oxygens (including phenoxy) is 2. The molecule has 0 fully saturated rings. The van der Waals surface area contributed by atoms with Crippen molar-refractivity contribution in [2.45, 2.75) is 13.0 Å². The Labute approximate surface area is 256 Å². The average Bonchev–Trinajstić information content (AvgIpc) is 3.33. The van der Waals surface area contributed by atoms with Crippen LogP contribution in [0.5, 0.6) is 5.75 Å². The van der Waals surface area contributed by atoms with Gasteiger partial charge in [-0.05, 0) is 68.2 Å². The molecule has 0 spiro atoms. The monoisotopic (exact) mass is 621 g/mol. The SMILES string of the molecule is CN(C)CCOC(=O)c1ccc(F)c(NC(=O)CN(C(=O)Cc2cccc(F)c2)c2nn(C)c3c2COc2ccc(F)cc2-3)c1. The maximum absolute atomic E-state index is 14.7. The topological polar surface area (TPSA) is 106 Å². The van der Waals surface area contributed by atoms with E-state index in [2.05, 4.69) is 10.4 Å². The minimum Gasteiger partial charge on any atom is -0.488 e. The van der Waals surface area contributed by atoms with E-state index in [0.29, 0.717) is 34.7 Å². The first kappa shape index (κ1) is 31.3. The molecule has 3 aromatic carbocycles. The molecule has 45 heavy (non-hydrogen) atoms. The fourth-order valence-electron chi connectivity index (χ4n) is 4.89. The second kappa shape index (κ2) is 13.2. The number of halogens is 3.